The monoisotopic (exact) mass is 281 g/mol. The van der Waals surface area contributed by atoms with E-state index in [9.17, 15) is 5.11 Å². The van der Waals surface area contributed by atoms with Gasteiger partial charge in [0.1, 0.15) is 0 Å². The summed E-state index contributed by atoms with van der Waals surface area (Å²) in [6.45, 7) is 5.46. The second-order valence-electron chi connectivity index (χ2n) is 5.12. The second-order valence-corrected chi connectivity index (χ2v) is 5.46. The lowest BCUT2D eigenvalue weighted by molar-refractivity contribution is 0.198. The molecule has 0 spiro atoms. The Balaban J connectivity index is 2.14. The molecular weight excluding hydrogens is 266 g/mol. The first-order chi connectivity index (χ1) is 9.06. The molecule has 7 heteroatoms. The highest BCUT2D eigenvalue weighted by Gasteiger charge is 2.25. The molecule has 1 saturated heterocycles. The van der Waals surface area contributed by atoms with Crippen LogP contribution >= 0.6 is 11.6 Å². The number of anilines is 1. The molecule has 3 rings (SSSR count). The molecule has 0 radical (unpaired) electrons. The van der Waals surface area contributed by atoms with Gasteiger partial charge in [0.05, 0.1) is 12.4 Å². The van der Waals surface area contributed by atoms with Gasteiger partial charge >= 0.3 is 0 Å². The quantitative estimate of drug-likeness (QED) is 0.848. The van der Waals surface area contributed by atoms with E-state index >= 15 is 0 Å². The van der Waals surface area contributed by atoms with Crippen molar-refractivity contribution >= 4 is 28.6 Å². The van der Waals surface area contributed by atoms with Crippen LogP contribution in [0.4, 0.5) is 5.82 Å². The molecule has 0 bridgehead atoms. The van der Waals surface area contributed by atoms with Gasteiger partial charge in [-0.05, 0) is 31.9 Å². The molecule has 2 aromatic rings. The van der Waals surface area contributed by atoms with Crippen LogP contribution in [0.25, 0.3) is 11.2 Å². The zero-order valence-corrected chi connectivity index (χ0v) is 11.7. The molecule has 102 valence electrons. The van der Waals surface area contributed by atoms with Crippen molar-refractivity contribution in [2.45, 2.75) is 32.4 Å². The number of fused-ring (bicyclic) bond motifs is 1. The van der Waals surface area contributed by atoms with Crippen molar-refractivity contribution < 1.29 is 5.11 Å². The van der Waals surface area contributed by atoms with Crippen LogP contribution in [0, 0.1) is 0 Å². The molecule has 1 N–H and O–H groups in total. The van der Waals surface area contributed by atoms with E-state index in [-0.39, 0.29) is 17.4 Å². The third-order valence-corrected chi connectivity index (χ3v) is 3.56. The molecule has 2 aromatic heterocycles. The molecule has 1 fully saturated rings. The van der Waals surface area contributed by atoms with Crippen LogP contribution in [0.5, 0.6) is 0 Å². The molecular formula is C12H16ClN5O. The Hall–Kier alpha value is -1.40. The lowest BCUT2D eigenvalue weighted by atomic mass is 10.3. The van der Waals surface area contributed by atoms with Gasteiger partial charge in [-0.1, -0.05) is 0 Å². The van der Waals surface area contributed by atoms with Crippen molar-refractivity contribution in [1.29, 1.82) is 0 Å². The van der Waals surface area contributed by atoms with Crippen molar-refractivity contribution in [3.8, 4) is 0 Å². The number of hydrogen-bond acceptors (Lipinski definition) is 5. The molecule has 0 aliphatic carbocycles. The summed E-state index contributed by atoms with van der Waals surface area (Å²) in [4.78, 5) is 15.0. The van der Waals surface area contributed by atoms with Crippen molar-refractivity contribution in [2.75, 3.05) is 18.0 Å². The van der Waals surface area contributed by atoms with Gasteiger partial charge in [-0.15, -0.1) is 0 Å². The summed E-state index contributed by atoms with van der Waals surface area (Å²) in [5.74, 6) is 0.714. The first kappa shape index (κ1) is 12.6. The maximum Gasteiger partial charge on any atom is 0.226 e. The predicted octanol–water partition coefficient (Wildman–Crippen LogP) is 1.63. The molecule has 0 saturated carbocycles. The summed E-state index contributed by atoms with van der Waals surface area (Å²) >= 11 is 6.02. The number of rotatable bonds is 2. The summed E-state index contributed by atoms with van der Waals surface area (Å²) in [7, 11) is 0. The number of halogens is 1. The molecule has 1 aliphatic heterocycles. The van der Waals surface area contributed by atoms with Crippen molar-refractivity contribution in [2.24, 2.45) is 0 Å². The lowest BCUT2D eigenvalue weighted by Gasteiger charge is -2.17. The Morgan fingerprint density at radius 3 is 2.84 bits per heavy atom. The molecule has 3 heterocycles. The third-order valence-electron chi connectivity index (χ3n) is 3.39. The zero-order valence-electron chi connectivity index (χ0n) is 10.9. The average Bonchev–Trinajstić information content (AvgIpc) is 2.93. The minimum absolute atomic E-state index is 0.214. The van der Waals surface area contributed by atoms with Crippen LogP contribution < -0.4 is 4.90 Å². The van der Waals surface area contributed by atoms with Gasteiger partial charge in [0.15, 0.2) is 17.0 Å². The second kappa shape index (κ2) is 4.61. The predicted molar refractivity (Wildman–Crippen MR) is 73.6 cm³/mol. The first-order valence-corrected chi connectivity index (χ1v) is 6.77. The van der Waals surface area contributed by atoms with Crippen LogP contribution in [0.1, 0.15) is 26.3 Å². The molecule has 6 nitrogen and oxygen atoms in total. The number of imidazole rings is 1. The molecule has 0 aromatic carbocycles. The minimum atomic E-state index is -0.309. The van der Waals surface area contributed by atoms with Gasteiger partial charge in [0.25, 0.3) is 0 Å². The summed E-state index contributed by atoms with van der Waals surface area (Å²) in [5.41, 5.74) is 1.48. The molecule has 1 aliphatic rings. The fourth-order valence-electron chi connectivity index (χ4n) is 2.41. The van der Waals surface area contributed by atoms with Gasteiger partial charge in [-0.25, -0.2) is 4.98 Å². The van der Waals surface area contributed by atoms with E-state index in [2.05, 4.69) is 28.8 Å². The highest BCUT2D eigenvalue weighted by atomic mass is 35.5. The van der Waals surface area contributed by atoms with Crippen LogP contribution in [0.15, 0.2) is 6.33 Å². The Kier molecular flexibility index (Phi) is 3.06. The first-order valence-electron chi connectivity index (χ1n) is 6.39. The minimum Gasteiger partial charge on any atom is -0.391 e. The van der Waals surface area contributed by atoms with E-state index in [1.54, 1.807) is 6.33 Å². The smallest absolute Gasteiger partial charge is 0.226 e. The SMILES string of the molecule is CC(C)n1cnc2c(N3CC[C@H](O)C3)nc(Cl)nc21. The average molecular weight is 282 g/mol. The Morgan fingerprint density at radius 2 is 2.21 bits per heavy atom. The number of aliphatic hydroxyl groups is 1. The van der Waals surface area contributed by atoms with Crippen LogP contribution in [-0.4, -0.2) is 43.8 Å². The number of nitrogens with zero attached hydrogens (tertiary/aromatic N) is 5. The van der Waals surface area contributed by atoms with Crippen LogP contribution in [-0.2, 0) is 0 Å². The summed E-state index contributed by atoms with van der Waals surface area (Å²) in [5, 5.41) is 9.87. The van der Waals surface area contributed by atoms with E-state index in [1.807, 2.05) is 9.47 Å². The van der Waals surface area contributed by atoms with Gasteiger partial charge in [-0.2, -0.15) is 9.97 Å². The largest absolute Gasteiger partial charge is 0.391 e. The number of aromatic nitrogens is 4. The van der Waals surface area contributed by atoms with Gasteiger partial charge in [-0.3, -0.25) is 0 Å². The zero-order chi connectivity index (χ0) is 13.6. The van der Waals surface area contributed by atoms with Crippen molar-refractivity contribution in [3.05, 3.63) is 11.6 Å². The van der Waals surface area contributed by atoms with E-state index in [0.717, 1.165) is 24.1 Å². The van der Waals surface area contributed by atoms with E-state index in [0.29, 0.717) is 12.4 Å². The van der Waals surface area contributed by atoms with E-state index in [4.69, 9.17) is 11.6 Å². The van der Waals surface area contributed by atoms with Gasteiger partial charge in [0, 0.05) is 19.1 Å². The molecule has 0 unspecified atom stereocenters. The van der Waals surface area contributed by atoms with Crippen molar-refractivity contribution in [1.82, 2.24) is 19.5 Å². The van der Waals surface area contributed by atoms with Crippen molar-refractivity contribution in [3.63, 3.8) is 0 Å². The Labute approximate surface area is 116 Å². The fraction of sp³-hybridized carbons (Fsp3) is 0.583. The molecule has 19 heavy (non-hydrogen) atoms. The van der Waals surface area contributed by atoms with Gasteiger partial charge < -0.3 is 14.6 Å². The maximum absolute atomic E-state index is 9.65. The third kappa shape index (κ3) is 2.15. The topological polar surface area (TPSA) is 67.1 Å². The van der Waals surface area contributed by atoms with E-state index in [1.165, 1.54) is 0 Å². The van der Waals surface area contributed by atoms with Crippen LogP contribution in [0.3, 0.4) is 0 Å². The summed E-state index contributed by atoms with van der Waals surface area (Å²) in [6, 6.07) is 0.257. The van der Waals surface area contributed by atoms with E-state index < -0.39 is 0 Å². The molecule has 1 atom stereocenters. The highest BCUT2D eigenvalue weighted by Crippen LogP contribution is 2.28. The standard InChI is InChI=1S/C12H16ClN5O/c1-7(2)18-6-14-9-10(15-12(13)16-11(9)18)17-4-3-8(19)5-17/h6-8,19H,3-5H2,1-2H3/t8-/m0/s1. The highest BCUT2D eigenvalue weighted by molar-refractivity contribution is 6.28. The number of aliphatic hydroxyl groups excluding tert-OH is 1. The van der Waals surface area contributed by atoms with Crippen LogP contribution in [0.2, 0.25) is 5.28 Å². The lowest BCUT2D eigenvalue weighted by Crippen LogP contribution is -2.23. The Morgan fingerprint density at radius 1 is 1.42 bits per heavy atom. The number of β-amino-alcohol motifs (C(OH)–C–C–N with tert-alkyl or cyclic N) is 1. The molecule has 0 amide bonds. The Bertz CT molecular complexity index is 611. The fourth-order valence-corrected chi connectivity index (χ4v) is 2.57. The summed E-state index contributed by atoms with van der Waals surface area (Å²) in [6.07, 6.45) is 2.20. The maximum atomic E-state index is 9.65. The number of hydrogen-bond donors (Lipinski definition) is 1. The summed E-state index contributed by atoms with van der Waals surface area (Å²) < 4.78 is 1.97. The van der Waals surface area contributed by atoms with Gasteiger partial charge in [0.2, 0.25) is 5.28 Å². The normalized spacial score (nSPS) is 19.8.